The summed E-state index contributed by atoms with van der Waals surface area (Å²) >= 11 is 7.11. The Labute approximate surface area is 135 Å². The normalized spacial score (nSPS) is 22.6. The van der Waals surface area contributed by atoms with Crippen molar-refractivity contribution >= 4 is 40.7 Å². The van der Waals surface area contributed by atoms with Crippen molar-refractivity contribution in [2.75, 3.05) is 13.6 Å². The van der Waals surface area contributed by atoms with E-state index in [1.54, 1.807) is 16.2 Å². The SMILES string of the molecule is CN1C(=S)N(CC2CCCCC2)C(=O)/C1=C\c1cccs1. The fourth-order valence-electron chi connectivity index (χ4n) is 3.11. The number of hydrogen-bond acceptors (Lipinski definition) is 3. The summed E-state index contributed by atoms with van der Waals surface area (Å²) in [4.78, 5) is 17.4. The zero-order valence-corrected chi connectivity index (χ0v) is 13.9. The molecule has 0 N–H and O–H groups in total. The maximum atomic E-state index is 12.7. The Hall–Kier alpha value is -1.20. The molecule has 0 unspecified atom stereocenters. The second-order valence-electron chi connectivity index (χ2n) is 5.81. The second-order valence-corrected chi connectivity index (χ2v) is 7.15. The third kappa shape index (κ3) is 3.04. The zero-order valence-electron chi connectivity index (χ0n) is 12.2. The topological polar surface area (TPSA) is 23.6 Å². The van der Waals surface area contributed by atoms with Gasteiger partial charge in [0.05, 0.1) is 0 Å². The molecule has 2 aliphatic rings. The molecule has 2 heterocycles. The molecule has 2 fully saturated rings. The highest BCUT2D eigenvalue weighted by molar-refractivity contribution is 7.80. The summed E-state index contributed by atoms with van der Waals surface area (Å²) in [5, 5.41) is 2.66. The van der Waals surface area contributed by atoms with E-state index in [1.807, 2.05) is 35.5 Å². The molecule has 3 nitrogen and oxygen atoms in total. The van der Waals surface area contributed by atoms with E-state index in [4.69, 9.17) is 12.2 Å². The van der Waals surface area contributed by atoms with Gasteiger partial charge in [-0.2, -0.15) is 0 Å². The fourth-order valence-corrected chi connectivity index (χ4v) is 4.02. The summed E-state index contributed by atoms with van der Waals surface area (Å²) in [7, 11) is 1.89. The lowest BCUT2D eigenvalue weighted by molar-refractivity contribution is -0.123. The quantitative estimate of drug-likeness (QED) is 0.626. The Balaban J connectivity index is 1.77. The van der Waals surface area contributed by atoms with Crippen molar-refractivity contribution in [2.45, 2.75) is 32.1 Å². The van der Waals surface area contributed by atoms with Crippen molar-refractivity contribution in [3.8, 4) is 0 Å². The van der Waals surface area contributed by atoms with Crippen molar-refractivity contribution in [3.63, 3.8) is 0 Å². The summed E-state index contributed by atoms with van der Waals surface area (Å²) in [5.41, 5.74) is 0.693. The van der Waals surface area contributed by atoms with Crippen LogP contribution in [0.15, 0.2) is 23.2 Å². The van der Waals surface area contributed by atoms with Gasteiger partial charge in [0.15, 0.2) is 5.11 Å². The highest BCUT2D eigenvalue weighted by Crippen LogP contribution is 2.29. The third-order valence-electron chi connectivity index (χ3n) is 4.33. The summed E-state index contributed by atoms with van der Waals surface area (Å²) in [6.07, 6.45) is 8.29. The van der Waals surface area contributed by atoms with Crippen molar-refractivity contribution in [3.05, 3.63) is 28.1 Å². The van der Waals surface area contributed by atoms with Crippen LogP contribution < -0.4 is 0 Å². The summed E-state index contributed by atoms with van der Waals surface area (Å²) in [5.74, 6) is 0.664. The monoisotopic (exact) mass is 320 g/mol. The number of likely N-dealkylation sites (N-methyl/N-ethyl adjacent to an activating group) is 1. The highest BCUT2D eigenvalue weighted by Gasteiger charge is 2.36. The molecule has 3 rings (SSSR count). The molecule has 1 saturated heterocycles. The Morgan fingerprint density at radius 2 is 2.14 bits per heavy atom. The summed E-state index contributed by atoms with van der Waals surface area (Å²) in [6, 6.07) is 4.01. The van der Waals surface area contributed by atoms with Crippen LogP contribution in [0.1, 0.15) is 37.0 Å². The molecule has 0 atom stereocenters. The Kier molecular flexibility index (Phi) is 4.40. The van der Waals surface area contributed by atoms with Gasteiger partial charge in [0.1, 0.15) is 5.70 Å². The van der Waals surface area contributed by atoms with Crippen LogP contribution in [0.3, 0.4) is 0 Å². The van der Waals surface area contributed by atoms with E-state index < -0.39 is 0 Å². The first-order valence-corrected chi connectivity index (χ1v) is 8.80. The van der Waals surface area contributed by atoms with Gasteiger partial charge in [-0.15, -0.1) is 11.3 Å². The van der Waals surface area contributed by atoms with Gasteiger partial charge in [-0.1, -0.05) is 25.3 Å². The molecule has 5 heteroatoms. The largest absolute Gasteiger partial charge is 0.317 e. The van der Waals surface area contributed by atoms with Crippen molar-refractivity contribution in [1.29, 1.82) is 0 Å². The average molecular weight is 320 g/mol. The lowest BCUT2D eigenvalue weighted by Gasteiger charge is -2.26. The molecule has 21 heavy (non-hydrogen) atoms. The molecule has 1 aliphatic heterocycles. The Morgan fingerprint density at radius 1 is 1.38 bits per heavy atom. The smallest absolute Gasteiger partial charge is 0.276 e. The van der Waals surface area contributed by atoms with Gasteiger partial charge < -0.3 is 4.90 Å². The molecular formula is C16H20N2OS2. The predicted molar refractivity (Wildman–Crippen MR) is 90.9 cm³/mol. The Morgan fingerprint density at radius 3 is 2.81 bits per heavy atom. The molecule has 1 saturated carbocycles. The van der Waals surface area contributed by atoms with Crippen LogP contribution in [0, 0.1) is 5.92 Å². The number of carbonyl (C=O) groups is 1. The minimum atomic E-state index is 0.0569. The lowest BCUT2D eigenvalue weighted by Crippen LogP contribution is -2.36. The van der Waals surface area contributed by atoms with Gasteiger partial charge in [-0.3, -0.25) is 9.69 Å². The van der Waals surface area contributed by atoms with Crippen LogP contribution in [-0.2, 0) is 4.79 Å². The van der Waals surface area contributed by atoms with Gasteiger partial charge in [0.2, 0.25) is 0 Å². The molecule has 0 radical (unpaired) electrons. The van der Waals surface area contributed by atoms with Crippen molar-refractivity contribution in [2.24, 2.45) is 5.92 Å². The van der Waals surface area contributed by atoms with E-state index in [-0.39, 0.29) is 5.91 Å². The van der Waals surface area contributed by atoms with Crippen LogP contribution in [0.5, 0.6) is 0 Å². The molecule has 112 valence electrons. The van der Waals surface area contributed by atoms with E-state index in [0.29, 0.717) is 16.7 Å². The van der Waals surface area contributed by atoms with E-state index >= 15 is 0 Å². The lowest BCUT2D eigenvalue weighted by atomic mass is 9.89. The molecule has 1 amide bonds. The van der Waals surface area contributed by atoms with Crippen molar-refractivity contribution in [1.82, 2.24) is 9.80 Å². The van der Waals surface area contributed by atoms with Crippen LogP contribution in [0.4, 0.5) is 0 Å². The summed E-state index contributed by atoms with van der Waals surface area (Å²) < 4.78 is 0. The minimum Gasteiger partial charge on any atom is -0.317 e. The number of nitrogens with zero attached hydrogens (tertiary/aromatic N) is 2. The Bertz CT molecular complexity index is 559. The molecule has 0 aromatic carbocycles. The number of thiocarbonyl (C=S) groups is 1. The number of rotatable bonds is 3. The van der Waals surface area contributed by atoms with Crippen LogP contribution >= 0.6 is 23.6 Å². The number of amides is 1. The molecule has 1 aromatic heterocycles. The number of hydrogen-bond donors (Lipinski definition) is 0. The maximum absolute atomic E-state index is 12.7. The maximum Gasteiger partial charge on any atom is 0.276 e. The number of carbonyl (C=O) groups excluding carboxylic acids is 1. The van der Waals surface area contributed by atoms with E-state index in [0.717, 1.165) is 11.4 Å². The molecule has 1 aromatic rings. The molecular weight excluding hydrogens is 300 g/mol. The first kappa shape index (κ1) is 14.7. The van der Waals surface area contributed by atoms with Gasteiger partial charge in [0, 0.05) is 18.5 Å². The predicted octanol–water partition coefficient (Wildman–Crippen LogP) is 3.73. The summed E-state index contributed by atoms with van der Waals surface area (Å²) in [6.45, 7) is 0.782. The third-order valence-corrected chi connectivity index (χ3v) is 5.64. The van der Waals surface area contributed by atoms with Gasteiger partial charge in [-0.25, -0.2) is 0 Å². The van der Waals surface area contributed by atoms with Crippen LogP contribution in [0.2, 0.25) is 0 Å². The van der Waals surface area contributed by atoms with E-state index in [2.05, 4.69) is 0 Å². The van der Waals surface area contributed by atoms with Gasteiger partial charge >= 0.3 is 0 Å². The standard InChI is InChI=1S/C16H20N2OS2/c1-17-14(10-13-8-5-9-21-13)15(19)18(16(17)20)11-12-6-3-2-4-7-12/h5,8-10,12H,2-4,6-7,11H2,1H3/b14-10+. The molecule has 1 aliphatic carbocycles. The zero-order chi connectivity index (χ0) is 14.8. The van der Waals surface area contributed by atoms with E-state index in [1.165, 1.54) is 32.1 Å². The average Bonchev–Trinajstić information content (AvgIpc) is 3.08. The molecule has 0 spiro atoms. The van der Waals surface area contributed by atoms with E-state index in [9.17, 15) is 4.79 Å². The van der Waals surface area contributed by atoms with Crippen molar-refractivity contribution < 1.29 is 4.79 Å². The number of thiophene rings is 1. The first-order chi connectivity index (χ1) is 10.2. The van der Waals surface area contributed by atoms with Crippen LogP contribution in [-0.4, -0.2) is 34.4 Å². The highest BCUT2D eigenvalue weighted by atomic mass is 32.1. The fraction of sp³-hybridized carbons (Fsp3) is 0.500. The first-order valence-electron chi connectivity index (χ1n) is 7.51. The van der Waals surface area contributed by atoms with Gasteiger partial charge in [-0.05, 0) is 48.5 Å². The van der Waals surface area contributed by atoms with Crippen LogP contribution in [0.25, 0.3) is 6.08 Å². The second kappa shape index (κ2) is 6.28. The van der Waals surface area contributed by atoms with Gasteiger partial charge in [0.25, 0.3) is 5.91 Å². The minimum absolute atomic E-state index is 0.0569. The molecule has 0 bridgehead atoms.